The lowest BCUT2D eigenvalue weighted by Gasteiger charge is -2.23. The number of aliphatic hydroxyl groups excluding tert-OH is 2. The molecule has 1 fully saturated rings. The Hall–Kier alpha value is -0.135. The normalized spacial score (nSPS) is 42.7. The van der Waals surface area contributed by atoms with Gasteiger partial charge in [0, 0.05) is 6.00 Å². The van der Waals surface area contributed by atoms with E-state index in [2.05, 4.69) is 4.74 Å². The maximum absolute atomic E-state index is 9.03. The number of hydrogen-bond donors (Lipinski definition) is 4. The molecule has 1 aliphatic heterocycles. The van der Waals surface area contributed by atoms with Crippen LogP contribution in [0.15, 0.2) is 0 Å². The number of rotatable bonds is 1. The van der Waals surface area contributed by atoms with Crippen LogP contribution in [0.5, 0.6) is 0 Å². The van der Waals surface area contributed by atoms with Crippen LogP contribution in [0.4, 0.5) is 0 Å². The van der Waals surface area contributed by atoms with E-state index in [0.717, 1.165) is 0 Å². The molecule has 0 spiro atoms. The van der Waals surface area contributed by atoms with Crippen molar-refractivity contribution in [2.75, 3.05) is 6.61 Å². The lowest BCUT2D eigenvalue weighted by Crippen LogP contribution is -2.49. The highest BCUT2D eigenvalue weighted by Gasteiger charge is 2.51. The monoisotopic (exact) mass is 160 g/mol. The second-order valence-corrected chi connectivity index (χ2v) is 2.50. The van der Waals surface area contributed by atoms with Crippen LogP contribution in [0.3, 0.4) is 0 Å². The van der Waals surface area contributed by atoms with Crippen LogP contribution in [0.1, 0.15) is 0 Å². The van der Waals surface area contributed by atoms with Crippen molar-refractivity contribution in [1.29, 1.82) is 0 Å². The van der Waals surface area contributed by atoms with Crippen LogP contribution in [0.25, 0.3) is 0 Å². The van der Waals surface area contributed by atoms with E-state index in [1.165, 1.54) is 0 Å². The van der Waals surface area contributed by atoms with Crippen molar-refractivity contribution in [3.05, 3.63) is 0 Å². The molecule has 6 heteroatoms. The van der Waals surface area contributed by atoms with Crippen molar-refractivity contribution in [2.45, 2.75) is 24.0 Å². The average molecular weight is 160 g/mol. The first-order chi connectivity index (χ1) is 5.00. The minimum Gasteiger partial charge on any atom is -0.393 e. The maximum atomic E-state index is 9.03. The van der Waals surface area contributed by atoms with Gasteiger partial charge >= 0.3 is 0 Å². The summed E-state index contributed by atoms with van der Waals surface area (Å²) in [5.41, 5.74) is 0. The molecular formula is C5H9BO5. The highest BCUT2D eigenvalue weighted by Crippen LogP contribution is 2.26. The van der Waals surface area contributed by atoms with E-state index in [1.54, 1.807) is 0 Å². The van der Waals surface area contributed by atoms with E-state index >= 15 is 0 Å². The van der Waals surface area contributed by atoms with Crippen molar-refractivity contribution in [1.82, 2.24) is 0 Å². The zero-order valence-corrected chi connectivity index (χ0v) is 5.71. The quantitative estimate of drug-likeness (QED) is 0.241. The van der Waals surface area contributed by atoms with Crippen LogP contribution >= 0.6 is 0 Å². The summed E-state index contributed by atoms with van der Waals surface area (Å²) in [6.45, 7) is -0.599. The van der Waals surface area contributed by atoms with E-state index in [9.17, 15) is 0 Å². The molecule has 0 aliphatic carbocycles. The first kappa shape index (κ1) is 8.96. The standard InChI is InChI=1S/C5H9BO5/c6-4-3(8)5(9,10)2(1-7)11-4/h2-4,7-10H,1H2/t2-,3+,4-/m1/s1. The lowest BCUT2D eigenvalue weighted by molar-refractivity contribution is -0.234. The molecule has 0 unspecified atom stereocenters. The summed E-state index contributed by atoms with van der Waals surface area (Å²) in [6, 6.07) is -1.16. The summed E-state index contributed by atoms with van der Waals surface area (Å²) < 4.78 is 4.62. The van der Waals surface area contributed by atoms with Gasteiger partial charge in [0.25, 0.3) is 0 Å². The molecule has 1 rings (SSSR count). The first-order valence-corrected chi connectivity index (χ1v) is 3.15. The van der Waals surface area contributed by atoms with E-state index < -0.39 is 30.6 Å². The fourth-order valence-corrected chi connectivity index (χ4v) is 0.974. The van der Waals surface area contributed by atoms with Gasteiger partial charge in [0.15, 0.2) is 0 Å². The van der Waals surface area contributed by atoms with Crippen LogP contribution in [-0.4, -0.2) is 58.9 Å². The zero-order chi connectivity index (χ0) is 8.65. The molecular weight excluding hydrogens is 151 g/mol. The molecule has 1 aliphatic rings. The van der Waals surface area contributed by atoms with E-state index in [-0.39, 0.29) is 0 Å². The molecule has 5 nitrogen and oxygen atoms in total. The van der Waals surface area contributed by atoms with Crippen molar-refractivity contribution in [3.63, 3.8) is 0 Å². The minimum absolute atomic E-state index is 0.599. The molecule has 3 atom stereocenters. The van der Waals surface area contributed by atoms with E-state index in [4.69, 9.17) is 28.3 Å². The van der Waals surface area contributed by atoms with Crippen molar-refractivity contribution in [3.8, 4) is 0 Å². The molecule has 62 valence electrons. The van der Waals surface area contributed by atoms with Gasteiger partial charge in [-0.05, 0) is 0 Å². The summed E-state index contributed by atoms with van der Waals surface area (Å²) in [4.78, 5) is 0. The van der Waals surface area contributed by atoms with Gasteiger partial charge in [-0.25, -0.2) is 0 Å². The minimum atomic E-state index is -2.45. The Morgan fingerprint density at radius 1 is 1.45 bits per heavy atom. The highest BCUT2D eigenvalue weighted by atomic mass is 16.6. The Labute approximate surface area is 64.6 Å². The fourth-order valence-electron chi connectivity index (χ4n) is 0.974. The molecule has 1 heterocycles. The number of aliphatic hydroxyl groups is 4. The predicted octanol–water partition coefficient (Wildman–Crippen LogP) is -3.09. The van der Waals surface area contributed by atoms with Crippen LogP contribution in [0.2, 0.25) is 0 Å². The largest absolute Gasteiger partial charge is 0.393 e. The van der Waals surface area contributed by atoms with Gasteiger partial charge in [-0.15, -0.1) is 0 Å². The molecule has 0 aromatic rings. The second kappa shape index (κ2) is 2.73. The molecule has 11 heavy (non-hydrogen) atoms. The zero-order valence-electron chi connectivity index (χ0n) is 5.71. The van der Waals surface area contributed by atoms with Gasteiger partial charge in [0.1, 0.15) is 20.1 Å². The van der Waals surface area contributed by atoms with Crippen molar-refractivity contribution in [2.24, 2.45) is 0 Å². The van der Waals surface area contributed by atoms with Crippen LogP contribution < -0.4 is 0 Å². The Morgan fingerprint density at radius 3 is 2.18 bits per heavy atom. The topological polar surface area (TPSA) is 90.2 Å². The van der Waals surface area contributed by atoms with Gasteiger partial charge in [0.05, 0.1) is 6.61 Å². The van der Waals surface area contributed by atoms with Gasteiger partial charge in [-0.1, -0.05) is 0 Å². The molecule has 0 saturated carbocycles. The Morgan fingerprint density at radius 2 is 2.00 bits per heavy atom. The van der Waals surface area contributed by atoms with Crippen LogP contribution in [0, 0.1) is 0 Å². The highest BCUT2D eigenvalue weighted by molar-refractivity contribution is 6.11. The molecule has 0 amide bonds. The van der Waals surface area contributed by atoms with Gasteiger partial charge in [-0.2, -0.15) is 0 Å². The van der Waals surface area contributed by atoms with Gasteiger partial charge in [-0.3, -0.25) is 0 Å². The first-order valence-electron chi connectivity index (χ1n) is 3.15. The Kier molecular flexibility index (Phi) is 2.22. The smallest absolute Gasteiger partial charge is 0.220 e. The third-order valence-corrected chi connectivity index (χ3v) is 1.71. The SMILES string of the molecule is [B][C@@H]1O[C@H](CO)C(O)(O)[C@H]1O. The lowest BCUT2D eigenvalue weighted by atomic mass is 9.91. The van der Waals surface area contributed by atoms with E-state index in [0.29, 0.717) is 0 Å². The molecule has 0 aromatic carbocycles. The van der Waals surface area contributed by atoms with Gasteiger partial charge in [0.2, 0.25) is 5.79 Å². The van der Waals surface area contributed by atoms with Crippen molar-refractivity contribution < 1.29 is 25.2 Å². The Bertz CT molecular complexity index is 150. The summed E-state index contributed by atoms with van der Waals surface area (Å²) in [5, 5.41) is 35.6. The van der Waals surface area contributed by atoms with Gasteiger partial charge < -0.3 is 25.2 Å². The summed E-state index contributed by atoms with van der Waals surface area (Å²) in [7, 11) is 5.12. The molecule has 1 saturated heterocycles. The van der Waals surface area contributed by atoms with E-state index in [1.807, 2.05) is 0 Å². The summed E-state index contributed by atoms with van der Waals surface area (Å²) >= 11 is 0. The molecule has 0 aromatic heterocycles. The van der Waals surface area contributed by atoms with Crippen molar-refractivity contribution >= 4 is 7.85 Å². The fraction of sp³-hybridized carbons (Fsp3) is 1.00. The average Bonchev–Trinajstić information content (AvgIpc) is 2.13. The third kappa shape index (κ3) is 1.28. The maximum Gasteiger partial charge on any atom is 0.220 e. The number of hydrogen-bond acceptors (Lipinski definition) is 5. The molecule has 0 bridgehead atoms. The third-order valence-electron chi connectivity index (χ3n) is 1.71. The van der Waals surface area contributed by atoms with Crippen LogP contribution in [-0.2, 0) is 4.74 Å². The molecule has 2 radical (unpaired) electrons. The predicted molar refractivity (Wildman–Crippen MR) is 34.7 cm³/mol. The number of ether oxygens (including phenoxy) is 1. The summed E-state index contributed by atoms with van der Waals surface area (Å²) in [5.74, 6) is -2.45. The second-order valence-electron chi connectivity index (χ2n) is 2.50. The molecule has 4 N–H and O–H groups in total. The summed E-state index contributed by atoms with van der Waals surface area (Å²) in [6.07, 6.45) is -2.83. The Balaban J connectivity index is 2.74.